The summed E-state index contributed by atoms with van der Waals surface area (Å²) in [7, 11) is 0. The SMILES string of the molecule is N#Cc1ccc(CNc2cc3c(cc2Cl)OCO3)cc1. The molecule has 0 radical (unpaired) electrons. The van der Waals surface area contributed by atoms with Crippen molar-refractivity contribution in [2.75, 3.05) is 12.1 Å². The number of ether oxygens (including phenoxy) is 2. The lowest BCUT2D eigenvalue weighted by atomic mass is 10.1. The third-order valence-electron chi connectivity index (χ3n) is 3.03. The Balaban J connectivity index is 1.73. The number of fused-ring (bicyclic) bond motifs is 1. The van der Waals surface area contributed by atoms with Gasteiger partial charge < -0.3 is 14.8 Å². The van der Waals surface area contributed by atoms with Crippen LogP contribution in [0.5, 0.6) is 11.5 Å². The Morgan fingerprint density at radius 3 is 2.55 bits per heavy atom. The molecule has 0 bridgehead atoms. The number of nitrogens with one attached hydrogen (secondary N) is 1. The van der Waals surface area contributed by atoms with Crippen LogP contribution in [0.15, 0.2) is 36.4 Å². The molecule has 4 nitrogen and oxygen atoms in total. The molecule has 2 aromatic rings. The summed E-state index contributed by atoms with van der Waals surface area (Å²) < 4.78 is 10.6. The molecule has 0 spiro atoms. The molecule has 0 saturated heterocycles. The smallest absolute Gasteiger partial charge is 0.231 e. The number of hydrogen-bond donors (Lipinski definition) is 1. The van der Waals surface area contributed by atoms with Crippen molar-refractivity contribution >= 4 is 17.3 Å². The minimum atomic E-state index is 0.227. The van der Waals surface area contributed by atoms with Crippen LogP contribution in [0.1, 0.15) is 11.1 Å². The Bertz CT molecular complexity index is 678. The molecule has 1 aliphatic heterocycles. The summed E-state index contributed by atoms with van der Waals surface area (Å²) in [4.78, 5) is 0. The summed E-state index contributed by atoms with van der Waals surface area (Å²) in [6.07, 6.45) is 0. The van der Waals surface area contributed by atoms with Gasteiger partial charge in [0.05, 0.1) is 22.3 Å². The van der Waals surface area contributed by atoms with E-state index in [2.05, 4.69) is 11.4 Å². The van der Waals surface area contributed by atoms with Crippen molar-refractivity contribution in [1.29, 1.82) is 5.26 Å². The summed E-state index contributed by atoms with van der Waals surface area (Å²) >= 11 is 6.18. The number of rotatable bonds is 3. The highest BCUT2D eigenvalue weighted by Gasteiger charge is 2.16. The maximum atomic E-state index is 8.75. The first-order valence-corrected chi connectivity index (χ1v) is 6.46. The lowest BCUT2D eigenvalue weighted by molar-refractivity contribution is 0.174. The van der Waals surface area contributed by atoms with Crippen LogP contribution in [-0.2, 0) is 6.54 Å². The number of nitriles is 1. The summed E-state index contributed by atoms with van der Waals surface area (Å²) in [5, 5.41) is 12.6. The molecule has 0 saturated carbocycles. The van der Waals surface area contributed by atoms with Gasteiger partial charge in [0.1, 0.15) is 0 Å². The highest BCUT2D eigenvalue weighted by molar-refractivity contribution is 6.33. The molecule has 0 amide bonds. The molecular formula is C15H11ClN2O2. The third kappa shape index (κ3) is 2.49. The van der Waals surface area contributed by atoms with Crippen LogP contribution in [0.3, 0.4) is 0 Å². The predicted molar refractivity (Wildman–Crippen MR) is 76.1 cm³/mol. The van der Waals surface area contributed by atoms with Gasteiger partial charge in [0.25, 0.3) is 0 Å². The molecular weight excluding hydrogens is 276 g/mol. The van der Waals surface area contributed by atoms with Gasteiger partial charge in [0, 0.05) is 18.7 Å². The van der Waals surface area contributed by atoms with Gasteiger partial charge >= 0.3 is 0 Å². The van der Waals surface area contributed by atoms with Gasteiger partial charge in [-0.15, -0.1) is 0 Å². The number of halogens is 1. The molecule has 1 heterocycles. The fourth-order valence-electron chi connectivity index (χ4n) is 1.95. The van der Waals surface area contributed by atoms with Gasteiger partial charge in [-0.05, 0) is 17.7 Å². The fraction of sp³-hybridized carbons (Fsp3) is 0.133. The summed E-state index contributed by atoms with van der Waals surface area (Å²) in [6.45, 7) is 0.843. The Hall–Kier alpha value is -2.38. The zero-order chi connectivity index (χ0) is 13.9. The van der Waals surface area contributed by atoms with Crippen molar-refractivity contribution in [1.82, 2.24) is 0 Å². The van der Waals surface area contributed by atoms with Crippen molar-refractivity contribution in [2.45, 2.75) is 6.54 Å². The van der Waals surface area contributed by atoms with Crippen molar-refractivity contribution in [3.63, 3.8) is 0 Å². The number of nitrogens with zero attached hydrogens (tertiary/aromatic N) is 1. The summed E-state index contributed by atoms with van der Waals surface area (Å²) in [6, 6.07) is 13.1. The second kappa shape index (κ2) is 5.32. The van der Waals surface area contributed by atoms with Gasteiger partial charge in [-0.3, -0.25) is 0 Å². The van der Waals surface area contributed by atoms with E-state index in [1.165, 1.54) is 0 Å². The number of anilines is 1. The standard InChI is InChI=1S/C15H11ClN2O2/c16-12-5-14-15(20-9-19-14)6-13(12)18-8-11-3-1-10(7-17)2-4-11/h1-6,18H,8-9H2. The van der Waals surface area contributed by atoms with Crippen LogP contribution >= 0.6 is 11.6 Å². The van der Waals surface area contributed by atoms with Gasteiger partial charge in [0.15, 0.2) is 11.5 Å². The second-order valence-corrected chi connectivity index (χ2v) is 4.75. The van der Waals surface area contributed by atoms with Gasteiger partial charge in [-0.1, -0.05) is 23.7 Å². The van der Waals surface area contributed by atoms with E-state index in [9.17, 15) is 0 Å². The molecule has 0 fully saturated rings. The minimum absolute atomic E-state index is 0.227. The zero-order valence-electron chi connectivity index (χ0n) is 10.5. The van der Waals surface area contributed by atoms with Gasteiger partial charge in [-0.25, -0.2) is 0 Å². The molecule has 0 aromatic heterocycles. The molecule has 0 aliphatic carbocycles. The molecule has 20 heavy (non-hydrogen) atoms. The Morgan fingerprint density at radius 1 is 1.15 bits per heavy atom. The highest BCUT2D eigenvalue weighted by atomic mass is 35.5. The minimum Gasteiger partial charge on any atom is -0.454 e. The van der Waals surface area contributed by atoms with Crippen LogP contribution in [0.2, 0.25) is 5.02 Å². The van der Waals surface area contributed by atoms with Crippen molar-refractivity contribution in [3.05, 3.63) is 52.5 Å². The first-order valence-electron chi connectivity index (χ1n) is 6.08. The van der Waals surface area contributed by atoms with Gasteiger partial charge in [-0.2, -0.15) is 5.26 Å². The van der Waals surface area contributed by atoms with Crippen LogP contribution < -0.4 is 14.8 Å². The van der Waals surface area contributed by atoms with E-state index in [4.69, 9.17) is 26.3 Å². The first kappa shape index (κ1) is 12.6. The molecule has 1 N–H and O–H groups in total. The summed E-state index contributed by atoms with van der Waals surface area (Å²) in [5.74, 6) is 1.36. The lowest BCUT2D eigenvalue weighted by Crippen LogP contribution is -2.00. The van der Waals surface area contributed by atoms with Crippen molar-refractivity contribution in [3.8, 4) is 17.6 Å². The van der Waals surface area contributed by atoms with Crippen LogP contribution in [0.25, 0.3) is 0 Å². The predicted octanol–water partition coefficient (Wildman–Crippen LogP) is 3.55. The van der Waals surface area contributed by atoms with E-state index in [-0.39, 0.29) is 6.79 Å². The van der Waals surface area contributed by atoms with E-state index in [0.29, 0.717) is 28.6 Å². The average molecular weight is 287 g/mol. The fourth-order valence-corrected chi connectivity index (χ4v) is 2.17. The van der Waals surface area contributed by atoms with Crippen LogP contribution in [-0.4, -0.2) is 6.79 Å². The number of hydrogen-bond acceptors (Lipinski definition) is 4. The maximum absolute atomic E-state index is 8.75. The first-order chi connectivity index (χ1) is 9.76. The highest BCUT2D eigenvalue weighted by Crippen LogP contribution is 2.39. The molecule has 0 atom stereocenters. The molecule has 5 heteroatoms. The third-order valence-corrected chi connectivity index (χ3v) is 3.34. The van der Waals surface area contributed by atoms with Gasteiger partial charge in [0.2, 0.25) is 6.79 Å². The Morgan fingerprint density at radius 2 is 1.85 bits per heavy atom. The van der Waals surface area contributed by atoms with Crippen LogP contribution in [0.4, 0.5) is 5.69 Å². The topological polar surface area (TPSA) is 54.3 Å². The van der Waals surface area contributed by atoms with Crippen molar-refractivity contribution in [2.24, 2.45) is 0 Å². The zero-order valence-corrected chi connectivity index (χ0v) is 11.3. The van der Waals surface area contributed by atoms with Crippen LogP contribution in [0, 0.1) is 11.3 Å². The maximum Gasteiger partial charge on any atom is 0.231 e. The Labute approximate surface area is 121 Å². The second-order valence-electron chi connectivity index (χ2n) is 4.35. The van der Waals surface area contributed by atoms with E-state index in [0.717, 1.165) is 11.3 Å². The summed E-state index contributed by atoms with van der Waals surface area (Å²) in [5.41, 5.74) is 2.51. The quantitative estimate of drug-likeness (QED) is 0.937. The molecule has 2 aromatic carbocycles. The normalized spacial score (nSPS) is 12.0. The van der Waals surface area contributed by atoms with Crippen molar-refractivity contribution < 1.29 is 9.47 Å². The largest absolute Gasteiger partial charge is 0.454 e. The van der Waals surface area contributed by atoms with E-state index in [1.807, 2.05) is 18.2 Å². The lowest BCUT2D eigenvalue weighted by Gasteiger charge is -2.09. The monoisotopic (exact) mass is 286 g/mol. The molecule has 3 rings (SSSR count). The van der Waals surface area contributed by atoms with E-state index < -0.39 is 0 Å². The average Bonchev–Trinajstić information content (AvgIpc) is 2.92. The van der Waals surface area contributed by atoms with E-state index in [1.54, 1.807) is 18.2 Å². The Kier molecular flexibility index (Phi) is 3.36. The molecule has 1 aliphatic rings. The molecule has 0 unspecified atom stereocenters. The molecule has 100 valence electrons. The number of benzene rings is 2. The van der Waals surface area contributed by atoms with E-state index >= 15 is 0 Å².